The average molecular weight is 239 g/mol. The first-order valence-corrected chi connectivity index (χ1v) is 5.93. The highest BCUT2D eigenvalue weighted by Crippen LogP contribution is 2.05. The quantitative estimate of drug-likeness (QED) is 0.744. The normalized spacial score (nSPS) is 11.6. The van der Waals surface area contributed by atoms with Crippen LogP contribution in [0.3, 0.4) is 0 Å². The van der Waals surface area contributed by atoms with Gasteiger partial charge in [0.1, 0.15) is 5.82 Å². The maximum Gasteiger partial charge on any atom is 0.282 e. The molecule has 0 amide bonds. The molecule has 0 bridgehead atoms. The summed E-state index contributed by atoms with van der Waals surface area (Å²) >= 11 is 0. The van der Waals surface area contributed by atoms with Crippen LogP contribution in [0.4, 0.5) is 0 Å². The molecule has 0 radical (unpaired) electrons. The molecular weight excluding hydrogens is 230 g/mol. The van der Waals surface area contributed by atoms with Crippen molar-refractivity contribution in [2.45, 2.75) is 11.6 Å². The molecule has 2 aromatic rings. The third-order valence-corrected chi connectivity index (χ3v) is 2.55. The summed E-state index contributed by atoms with van der Waals surface area (Å²) in [6, 6.07) is 3.64. The predicted molar refractivity (Wildman–Crippen MR) is 54.8 cm³/mol. The predicted octanol–water partition coefficient (Wildman–Crippen LogP) is -0.562. The molecule has 84 valence electrons. The van der Waals surface area contributed by atoms with Crippen molar-refractivity contribution in [1.29, 1.82) is 0 Å². The molecule has 0 aromatic carbocycles. The number of H-pyrrole nitrogens is 1. The Hall–Kier alpha value is -1.80. The van der Waals surface area contributed by atoms with Gasteiger partial charge in [0, 0.05) is 18.8 Å². The molecule has 16 heavy (non-hydrogen) atoms. The summed E-state index contributed by atoms with van der Waals surface area (Å²) in [4.78, 5) is 7.70. The van der Waals surface area contributed by atoms with Gasteiger partial charge in [-0.15, -0.1) is 5.10 Å². The Balaban J connectivity index is 2.22. The molecule has 7 nitrogen and oxygen atoms in total. The second-order valence-corrected chi connectivity index (χ2v) is 4.60. The lowest BCUT2D eigenvalue weighted by Crippen LogP contribution is -2.13. The van der Waals surface area contributed by atoms with Crippen LogP contribution in [0.25, 0.3) is 0 Å². The first-order valence-electron chi connectivity index (χ1n) is 4.39. The smallest absolute Gasteiger partial charge is 0.264 e. The van der Waals surface area contributed by atoms with Gasteiger partial charge in [0.25, 0.3) is 15.2 Å². The van der Waals surface area contributed by atoms with E-state index in [0.29, 0.717) is 12.2 Å². The number of nitrogens with two attached hydrogens (primary N) is 1. The summed E-state index contributed by atoms with van der Waals surface area (Å²) in [5.74, 6) is 0.428. The lowest BCUT2D eigenvalue weighted by atomic mass is 10.2. The third kappa shape index (κ3) is 2.41. The second-order valence-electron chi connectivity index (χ2n) is 3.15. The number of rotatable bonds is 3. The lowest BCUT2D eigenvalue weighted by Gasteiger charge is -1.94. The number of nitrogens with one attached hydrogen (secondary N) is 1. The Bertz CT molecular complexity index is 577. The van der Waals surface area contributed by atoms with Gasteiger partial charge in [0.15, 0.2) is 0 Å². The van der Waals surface area contributed by atoms with Crippen molar-refractivity contribution in [2.24, 2.45) is 5.14 Å². The zero-order valence-electron chi connectivity index (χ0n) is 8.16. The first-order chi connectivity index (χ1) is 7.55. The highest BCUT2D eigenvalue weighted by Gasteiger charge is 2.14. The number of sulfonamides is 1. The van der Waals surface area contributed by atoms with Crippen LogP contribution in [0.1, 0.15) is 11.4 Å². The molecule has 2 rings (SSSR count). The largest absolute Gasteiger partial charge is 0.282 e. The fraction of sp³-hybridized carbons (Fsp3) is 0.125. The molecule has 0 spiro atoms. The molecule has 0 atom stereocenters. The fourth-order valence-electron chi connectivity index (χ4n) is 1.18. The standard InChI is InChI=1S/C8H9N5O2S/c9-16(14,15)8-11-7(12-13-8)4-6-2-1-3-10-5-6/h1-3,5H,4H2,(H2,9,14,15)(H,11,12,13). The van der Waals surface area contributed by atoms with E-state index < -0.39 is 15.2 Å². The summed E-state index contributed by atoms with van der Waals surface area (Å²) in [6.07, 6.45) is 3.75. The van der Waals surface area contributed by atoms with Crippen molar-refractivity contribution >= 4 is 10.0 Å². The Morgan fingerprint density at radius 2 is 2.25 bits per heavy atom. The Labute approximate surface area is 91.8 Å². The van der Waals surface area contributed by atoms with Crippen LogP contribution in [-0.2, 0) is 16.4 Å². The van der Waals surface area contributed by atoms with E-state index in [1.807, 2.05) is 6.07 Å². The van der Waals surface area contributed by atoms with E-state index in [9.17, 15) is 8.42 Å². The molecule has 0 saturated heterocycles. The maximum absolute atomic E-state index is 10.9. The number of primary sulfonamides is 1. The highest BCUT2D eigenvalue weighted by molar-refractivity contribution is 7.89. The molecule has 3 N–H and O–H groups in total. The van der Waals surface area contributed by atoms with Crippen LogP contribution < -0.4 is 5.14 Å². The maximum atomic E-state index is 10.9. The number of aromatic amines is 1. The molecule has 0 fully saturated rings. The van der Waals surface area contributed by atoms with Crippen LogP contribution in [0.2, 0.25) is 0 Å². The van der Waals surface area contributed by atoms with Crippen LogP contribution in [0, 0.1) is 0 Å². The number of pyridine rings is 1. The summed E-state index contributed by atoms with van der Waals surface area (Å²) in [5.41, 5.74) is 0.902. The third-order valence-electron chi connectivity index (χ3n) is 1.86. The van der Waals surface area contributed by atoms with E-state index in [1.165, 1.54) is 0 Å². The zero-order chi connectivity index (χ0) is 11.6. The number of aromatic nitrogens is 4. The summed E-state index contributed by atoms with van der Waals surface area (Å²) in [7, 11) is -3.84. The fourth-order valence-corrected chi connectivity index (χ4v) is 1.59. The minimum Gasteiger partial charge on any atom is -0.264 e. The van der Waals surface area contributed by atoms with Gasteiger partial charge < -0.3 is 0 Å². The van der Waals surface area contributed by atoms with E-state index >= 15 is 0 Å². The monoisotopic (exact) mass is 239 g/mol. The summed E-state index contributed by atoms with van der Waals surface area (Å²) < 4.78 is 21.8. The van der Waals surface area contributed by atoms with E-state index in [1.54, 1.807) is 18.5 Å². The molecule has 0 aliphatic carbocycles. The van der Waals surface area contributed by atoms with Crippen molar-refractivity contribution in [3.63, 3.8) is 0 Å². The van der Waals surface area contributed by atoms with E-state index in [4.69, 9.17) is 5.14 Å². The minimum atomic E-state index is -3.84. The topological polar surface area (TPSA) is 115 Å². The van der Waals surface area contributed by atoms with Crippen LogP contribution in [-0.4, -0.2) is 28.6 Å². The summed E-state index contributed by atoms with van der Waals surface area (Å²) in [5, 5.41) is 10.5. The first kappa shape index (κ1) is 10.7. The van der Waals surface area contributed by atoms with Crippen molar-refractivity contribution in [3.8, 4) is 0 Å². The molecule has 0 saturated carbocycles. The molecule has 8 heteroatoms. The van der Waals surface area contributed by atoms with Gasteiger partial charge in [-0.05, 0) is 11.6 Å². The Morgan fingerprint density at radius 1 is 1.44 bits per heavy atom. The van der Waals surface area contributed by atoms with Gasteiger partial charge in [-0.1, -0.05) is 6.07 Å². The molecule has 2 aromatic heterocycles. The number of nitrogens with zero attached hydrogens (tertiary/aromatic N) is 3. The lowest BCUT2D eigenvalue weighted by molar-refractivity contribution is 0.589. The van der Waals surface area contributed by atoms with Gasteiger partial charge in [-0.25, -0.2) is 18.5 Å². The minimum absolute atomic E-state index is 0.397. The van der Waals surface area contributed by atoms with Crippen molar-refractivity contribution in [2.75, 3.05) is 0 Å². The molecular formula is C8H9N5O2S. The van der Waals surface area contributed by atoms with Crippen LogP contribution in [0.5, 0.6) is 0 Å². The molecule has 0 unspecified atom stereocenters. The van der Waals surface area contributed by atoms with Gasteiger partial charge in [-0.3, -0.25) is 10.1 Å². The zero-order valence-corrected chi connectivity index (χ0v) is 8.98. The Kier molecular flexibility index (Phi) is 2.67. The van der Waals surface area contributed by atoms with Gasteiger partial charge >= 0.3 is 0 Å². The Morgan fingerprint density at radius 3 is 2.81 bits per heavy atom. The van der Waals surface area contributed by atoms with Crippen LogP contribution in [0.15, 0.2) is 29.7 Å². The van der Waals surface area contributed by atoms with E-state index in [0.717, 1.165) is 5.56 Å². The van der Waals surface area contributed by atoms with Crippen LogP contribution >= 0.6 is 0 Å². The van der Waals surface area contributed by atoms with E-state index in [2.05, 4.69) is 20.2 Å². The number of hydrogen-bond donors (Lipinski definition) is 2. The van der Waals surface area contributed by atoms with Gasteiger partial charge in [-0.2, -0.15) is 0 Å². The van der Waals surface area contributed by atoms with Crippen molar-refractivity contribution in [1.82, 2.24) is 20.2 Å². The summed E-state index contributed by atoms with van der Waals surface area (Å²) in [6.45, 7) is 0. The van der Waals surface area contributed by atoms with E-state index in [-0.39, 0.29) is 0 Å². The van der Waals surface area contributed by atoms with Gasteiger partial charge in [0.05, 0.1) is 0 Å². The highest BCUT2D eigenvalue weighted by atomic mass is 32.2. The number of hydrogen-bond acceptors (Lipinski definition) is 5. The molecule has 2 heterocycles. The average Bonchev–Trinajstić information content (AvgIpc) is 2.67. The molecule has 0 aliphatic heterocycles. The van der Waals surface area contributed by atoms with Gasteiger partial charge in [0.2, 0.25) is 0 Å². The second kappa shape index (κ2) is 3.99. The molecule has 0 aliphatic rings. The van der Waals surface area contributed by atoms with Crippen molar-refractivity contribution in [3.05, 3.63) is 35.9 Å². The SMILES string of the molecule is NS(=O)(=O)c1n[nH]c(Cc2cccnc2)n1. The van der Waals surface area contributed by atoms with Crippen molar-refractivity contribution < 1.29 is 8.42 Å².